The van der Waals surface area contributed by atoms with Crippen LogP contribution in [-0.4, -0.2) is 29.8 Å². The molecule has 0 unspecified atom stereocenters. The van der Waals surface area contributed by atoms with Crippen molar-refractivity contribution >= 4 is 17.5 Å². The molecule has 0 aromatic heterocycles. The second-order valence-electron chi connectivity index (χ2n) is 6.71. The second kappa shape index (κ2) is 8.13. The molecule has 4 nitrogen and oxygen atoms in total. The Balaban J connectivity index is 1.78. The molecule has 0 radical (unpaired) electrons. The topological polar surface area (TPSA) is 49.4 Å². The third-order valence-corrected chi connectivity index (χ3v) is 4.95. The lowest BCUT2D eigenvalue weighted by Crippen LogP contribution is -2.38. The Kier molecular flexibility index (Phi) is 5.66. The molecule has 136 valence electrons. The quantitative estimate of drug-likeness (QED) is 0.880. The van der Waals surface area contributed by atoms with Crippen LogP contribution in [0.25, 0.3) is 0 Å². The second-order valence-corrected chi connectivity index (χ2v) is 6.71. The monoisotopic (exact) mass is 354 g/mol. The molecule has 1 N–H and O–H groups in total. The van der Waals surface area contributed by atoms with Gasteiger partial charge in [-0.1, -0.05) is 31.4 Å². The molecule has 0 heterocycles. The number of hydrogen-bond acceptors (Lipinski definition) is 2. The summed E-state index contributed by atoms with van der Waals surface area (Å²) in [5, 5.41) is 2.78. The van der Waals surface area contributed by atoms with Gasteiger partial charge in [-0.3, -0.25) is 9.59 Å². The van der Waals surface area contributed by atoms with Gasteiger partial charge in [0.05, 0.1) is 11.3 Å². The first-order chi connectivity index (χ1) is 12.6. The van der Waals surface area contributed by atoms with Crippen LogP contribution in [-0.2, 0) is 0 Å². The molecule has 2 aromatic carbocycles. The number of halogens is 1. The Morgan fingerprint density at radius 1 is 1.00 bits per heavy atom. The first-order valence-electron chi connectivity index (χ1n) is 8.99. The normalized spacial score (nSPS) is 14.7. The number of nitrogens with one attached hydrogen (secondary N) is 1. The van der Waals surface area contributed by atoms with E-state index >= 15 is 0 Å². The van der Waals surface area contributed by atoms with Gasteiger partial charge in [-0.15, -0.1) is 0 Å². The maximum absolute atomic E-state index is 13.0. The van der Waals surface area contributed by atoms with Crippen molar-refractivity contribution in [1.29, 1.82) is 0 Å². The Hall–Kier alpha value is -2.69. The van der Waals surface area contributed by atoms with Crippen molar-refractivity contribution in [2.24, 2.45) is 0 Å². The Bertz CT molecular complexity index is 783. The van der Waals surface area contributed by atoms with E-state index < -0.39 is 5.82 Å². The third kappa shape index (κ3) is 4.10. The zero-order chi connectivity index (χ0) is 18.5. The number of rotatable bonds is 4. The molecular formula is C21H23FN2O2. The first kappa shape index (κ1) is 18.1. The van der Waals surface area contributed by atoms with Gasteiger partial charge in [0.15, 0.2) is 0 Å². The molecule has 0 spiro atoms. The summed E-state index contributed by atoms with van der Waals surface area (Å²) in [6.07, 6.45) is 5.55. The van der Waals surface area contributed by atoms with Crippen molar-refractivity contribution in [2.45, 2.75) is 38.1 Å². The van der Waals surface area contributed by atoms with Gasteiger partial charge >= 0.3 is 0 Å². The molecule has 26 heavy (non-hydrogen) atoms. The maximum atomic E-state index is 13.0. The van der Waals surface area contributed by atoms with E-state index in [1.54, 1.807) is 29.2 Å². The summed E-state index contributed by atoms with van der Waals surface area (Å²) >= 11 is 0. The van der Waals surface area contributed by atoms with Crippen molar-refractivity contribution in [2.75, 3.05) is 12.4 Å². The fourth-order valence-electron chi connectivity index (χ4n) is 3.40. The number of para-hydroxylation sites is 1. The molecule has 1 aliphatic rings. The number of carbonyl (C=O) groups is 2. The van der Waals surface area contributed by atoms with Crippen LogP contribution in [0.3, 0.4) is 0 Å². The summed E-state index contributed by atoms with van der Waals surface area (Å²) in [5.74, 6) is -0.858. The Morgan fingerprint density at radius 3 is 2.35 bits per heavy atom. The van der Waals surface area contributed by atoms with Crippen LogP contribution in [0.15, 0.2) is 48.5 Å². The van der Waals surface area contributed by atoms with Gasteiger partial charge in [-0.25, -0.2) is 4.39 Å². The van der Waals surface area contributed by atoms with Crippen molar-refractivity contribution in [1.82, 2.24) is 4.90 Å². The van der Waals surface area contributed by atoms with Crippen LogP contribution < -0.4 is 5.32 Å². The van der Waals surface area contributed by atoms with Crippen molar-refractivity contribution in [3.63, 3.8) is 0 Å². The smallest absolute Gasteiger partial charge is 0.255 e. The van der Waals surface area contributed by atoms with Gasteiger partial charge in [0, 0.05) is 18.7 Å². The highest BCUT2D eigenvalue weighted by Crippen LogP contribution is 2.25. The number of amides is 2. The van der Waals surface area contributed by atoms with Crippen LogP contribution in [0.2, 0.25) is 0 Å². The van der Waals surface area contributed by atoms with Crippen molar-refractivity contribution < 1.29 is 14.0 Å². The minimum Gasteiger partial charge on any atom is -0.339 e. The van der Waals surface area contributed by atoms with Gasteiger partial charge in [0.2, 0.25) is 0 Å². The molecular weight excluding hydrogens is 331 g/mol. The largest absolute Gasteiger partial charge is 0.339 e. The highest BCUT2D eigenvalue weighted by atomic mass is 19.1. The molecule has 2 aromatic rings. The molecule has 1 aliphatic carbocycles. The molecule has 0 aliphatic heterocycles. The Labute approximate surface area is 153 Å². The minimum atomic E-state index is -0.397. The lowest BCUT2D eigenvalue weighted by Gasteiger charge is -2.31. The predicted octanol–water partition coefficient (Wildman–Crippen LogP) is 4.48. The molecule has 0 saturated heterocycles. The van der Waals surface area contributed by atoms with E-state index in [9.17, 15) is 14.0 Å². The first-order valence-corrected chi connectivity index (χ1v) is 8.99. The molecule has 1 saturated carbocycles. The van der Waals surface area contributed by atoms with E-state index in [2.05, 4.69) is 5.32 Å². The van der Waals surface area contributed by atoms with Gasteiger partial charge in [0.1, 0.15) is 5.82 Å². The number of benzene rings is 2. The molecule has 2 amide bonds. The van der Waals surface area contributed by atoms with Crippen LogP contribution in [0, 0.1) is 5.82 Å². The number of carbonyl (C=O) groups excluding carboxylic acids is 2. The fraction of sp³-hybridized carbons (Fsp3) is 0.333. The van der Waals surface area contributed by atoms with Crippen LogP contribution >= 0.6 is 0 Å². The average Bonchev–Trinajstić information content (AvgIpc) is 2.68. The van der Waals surface area contributed by atoms with Crippen molar-refractivity contribution in [3.05, 3.63) is 65.5 Å². The van der Waals surface area contributed by atoms with Crippen LogP contribution in [0.1, 0.15) is 52.8 Å². The zero-order valence-electron chi connectivity index (χ0n) is 14.9. The van der Waals surface area contributed by atoms with E-state index in [-0.39, 0.29) is 17.9 Å². The average molecular weight is 354 g/mol. The number of anilines is 1. The van der Waals surface area contributed by atoms with E-state index in [4.69, 9.17) is 0 Å². The lowest BCUT2D eigenvalue weighted by atomic mass is 9.94. The Morgan fingerprint density at radius 2 is 1.65 bits per heavy atom. The molecule has 3 rings (SSSR count). The molecule has 1 fully saturated rings. The molecule has 5 heteroatoms. The third-order valence-electron chi connectivity index (χ3n) is 4.95. The standard InChI is InChI=1S/C21H23FN2O2/c1-24(17-7-3-2-4-8-17)21(26)18-9-5-6-10-19(18)23-20(25)15-11-13-16(22)14-12-15/h5-6,9-14,17H,2-4,7-8H2,1H3,(H,23,25). The van der Waals surface area contributed by atoms with Gasteiger partial charge in [-0.05, 0) is 49.2 Å². The molecule has 0 atom stereocenters. The number of hydrogen-bond donors (Lipinski definition) is 1. The SMILES string of the molecule is CN(C(=O)c1ccccc1NC(=O)c1ccc(F)cc1)C1CCCCC1. The summed E-state index contributed by atoms with van der Waals surface area (Å²) < 4.78 is 13.0. The summed E-state index contributed by atoms with van der Waals surface area (Å²) in [6, 6.07) is 12.6. The number of nitrogens with zero attached hydrogens (tertiary/aromatic N) is 1. The predicted molar refractivity (Wildman–Crippen MR) is 99.8 cm³/mol. The fourth-order valence-corrected chi connectivity index (χ4v) is 3.40. The minimum absolute atomic E-state index is 0.0908. The summed E-state index contributed by atoms with van der Waals surface area (Å²) in [5.41, 5.74) is 1.28. The summed E-state index contributed by atoms with van der Waals surface area (Å²) in [7, 11) is 1.83. The highest BCUT2D eigenvalue weighted by molar-refractivity contribution is 6.09. The van der Waals surface area contributed by atoms with Crippen LogP contribution in [0.4, 0.5) is 10.1 Å². The van der Waals surface area contributed by atoms with Gasteiger partial charge in [-0.2, -0.15) is 0 Å². The molecule has 0 bridgehead atoms. The van der Waals surface area contributed by atoms with E-state index in [1.165, 1.54) is 30.7 Å². The highest BCUT2D eigenvalue weighted by Gasteiger charge is 2.24. The summed E-state index contributed by atoms with van der Waals surface area (Å²) in [6.45, 7) is 0. The van der Waals surface area contributed by atoms with Crippen molar-refractivity contribution in [3.8, 4) is 0 Å². The van der Waals surface area contributed by atoms with E-state index in [0.29, 0.717) is 16.8 Å². The maximum Gasteiger partial charge on any atom is 0.255 e. The van der Waals surface area contributed by atoms with E-state index in [1.807, 2.05) is 7.05 Å². The van der Waals surface area contributed by atoms with E-state index in [0.717, 1.165) is 25.7 Å². The lowest BCUT2D eigenvalue weighted by molar-refractivity contribution is 0.0697. The zero-order valence-corrected chi connectivity index (χ0v) is 14.9. The van der Waals surface area contributed by atoms with Gasteiger partial charge < -0.3 is 10.2 Å². The summed E-state index contributed by atoms with van der Waals surface area (Å²) in [4.78, 5) is 27.2. The van der Waals surface area contributed by atoms with Crippen LogP contribution in [0.5, 0.6) is 0 Å². The van der Waals surface area contributed by atoms with Gasteiger partial charge in [0.25, 0.3) is 11.8 Å².